The molecule has 0 N–H and O–H groups in total. The molecule has 6 heteroatoms. The highest BCUT2D eigenvalue weighted by molar-refractivity contribution is 7.91. The Hall–Kier alpha value is -2.47. The van der Waals surface area contributed by atoms with Gasteiger partial charge in [0.05, 0.1) is 15.6 Å². The number of nitrogens with zero attached hydrogens (tertiary/aromatic N) is 1. The molecular formula is C15H13NO4S. The van der Waals surface area contributed by atoms with E-state index in [0.29, 0.717) is 11.1 Å². The van der Waals surface area contributed by atoms with E-state index in [1.165, 1.54) is 30.3 Å². The van der Waals surface area contributed by atoms with E-state index in [1.54, 1.807) is 24.3 Å². The molecule has 0 atom stereocenters. The molecule has 0 bridgehead atoms. The number of hydrogen-bond acceptors (Lipinski definition) is 4. The topological polar surface area (TPSA) is 77.3 Å². The predicted molar refractivity (Wildman–Crippen MR) is 80.6 cm³/mol. The lowest BCUT2D eigenvalue weighted by Gasteiger charge is -2.07. The maximum Gasteiger partial charge on any atom is 0.270 e. The summed E-state index contributed by atoms with van der Waals surface area (Å²) in [6.45, 7) is 3.73. The van der Waals surface area contributed by atoms with Gasteiger partial charge in [-0.15, -0.1) is 0 Å². The third kappa shape index (κ3) is 3.55. The molecule has 0 unspecified atom stereocenters. The average Bonchev–Trinajstić information content (AvgIpc) is 2.48. The van der Waals surface area contributed by atoms with Crippen molar-refractivity contribution in [3.8, 4) is 0 Å². The van der Waals surface area contributed by atoms with Gasteiger partial charge in [0.25, 0.3) is 5.69 Å². The first-order chi connectivity index (χ1) is 9.90. The van der Waals surface area contributed by atoms with Crippen LogP contribution in [0.25, 0.3) is 5.57 Å². The van der Waals surface area contributed by atoms with Gasteiger partial charge in [0.2, 0.25) is 0 Å². The van der Waals surface area contributed by atoms with Crippen molar-refractivity contribution in [2.24, 2.45) is 0 Å². The fourth-order valence-electron chi connectivity index (χ4n) is 1.86. The Balaban J connectivity index is 2.26. The summed E-state index contributed by atoms with van der Waals surface area (Å²) in [5.74, 6) is -0.280. The Bertz CT molecular complexity index is 782. The van der Waals surface area contributed by atoms with Crippen LogP contribution in [0.2, 0.25) is 0 Å². The van der Waals surface area contributed by atoms with Crippen molar-refractivity contribution in [3.05, 3.63) is 76.9 Å². The summed E-state index contributed by atoms with van der Waals surface area (Å²) in [4.78, 5) is 10.4. The Morgan fingerprint density at radius 1 is 1.10 bits per heavy atom. The molecule has 0 radical (unpaired) electrons. The second-order valence-corrected chi connectivity index (χ2v) is 6.47. The summed E-state index contributed by atoms with van der Waals surface area (Å²) in [7, 11) is -3.51. The first-order valence-electron chi connectivity index (χ1n) is 6.10. The number of non-ortho nitro benzene ring substituents is 1. The number of nitro groups is 1. The highest BCUT2D eigenvalue weighted by Crippen LogP contribution is 2.22. The zero-order chi connectivity index (χ0) is 15.5. The van der Waals surface area contributed by atoms with Gasteiger partial charge in [-0.25, -0.2) is 8.42 Å². The van der Waals surface area contributed by atoms with Crippen LogP contribution in [-0.2, 0) is 9.84 Å². The van der Waals surface area contributed by atoms with Crippen molar-refractivity contribution in [3.63, 3.8) is 0 Å². The molecule has 0 aliphatic carbocycles. The van der Waals surface area contributed by atoms with Crippen molar-refractivity contribution in [2.75, 3.05) is 5.75 Å². The van der Waals surface area contributed by atoms with Gasteiger partial charge >= 0.3 is 0 Å². The second kappa shape index (κ2) is 5.88. The number of nitro benzene ring substituents is 1. The highest BCUT2D eigenvalue weighted by atomic mass is 32.2. The zero-order valence-electron chi connectivity index (χ0n) is 11.1. The van der Waals surface area contributed by atoms with E-state index in [-0.39, 0.29) is 16.3 Å². The van der Waals surface area contributed by atoms with E-state index >= 15 is 0 Å². The lowest BCUT2D eigenvalue weighted by atomic mass is 10.1. The average molecular weight is 303 g/mol. The van der Waals surface area contributed by atoms with E-state index in [9.17, 15) is 18.5 Å². The molecule has 2 aromatic rings. The van der Waals surface area contributed by atoms with E-state index in [0.717, 1.165) is 0 Å². The normalized spacial score (nSPS) is 11.0. The Kier molecular flexibility index (Phi) is 4.18. The van der Waals surface area contributed by atoms with Crippen LogP contribution in [0.15, 0.2) is 66.1 Å². The van der Waals surface area contributed by atoms with Crippen LogP contribution in [0.3, 0.4) is 0 Å². The molecule has 2 rings (SSSR count). The monoisotopic (exact) mass is 303 g/mol. The summed E-state index contributed by atoms with van der Waals surface area (Å²) < 4.78 is 24.5. The number of hydrogen-bond donors (Lipinski definition) is 0. The van der Waals surface area contributed by atoms with Gasteiger partial charge in [-0.3, -0.25) is 10.1 Å². The molecule has 0 amide bonds. The number of benzene rings is 2. The molecule has 0 heterocycles. The summed E-state index contributed by atoms with van der Waals surface area (Å²) in [5, 5.41) is 10.7. The van der Waals surface area contributed by atoms with Crippen molar-refractivity contribution in [1.29, 1.82) is 0 Å². The van der Waals surface area contributed by atoms with Crippen molar-refractivity contribution < 1.29 is 13.3 Å². The van der Waals surface area contributed by atoms with E-state index in [4.69, 9.17) is 0 Å². The quantitative estimate of drug-likeness (QED) is 0.628. The Morgan fingerprint density at radius 2 is 1.76 bits per heavy atom. The van der Waals surface area contributed by atoms with Gasteiger partial charge in [0.15, 0.2) is 9.84 Å². The molecule has 0 saturated heterocycles. The van der Waals surface area contributed by atoms with Crippen LogP contribution in [0.1, 0.15) is 5.56 Å². The zero-order valence-corrected chi connectivity index (χ0v) is 11.9. The number of sulfone groups is 1. The molecule has 21 heavy (non-hydrogen) atoms. The Labute approximate surface area is 122 Å². The van der Waals surface area contributed by atoms with Gasteiger partial charge in [-0.1, -0.05) is 36.9 Å². The number of rotatable bonds is 5. The van der Waals surface area contributed by atoms with Gasteiger partial charge in [0, 0.05) is 12.1 Å². The Morgan fingerprint density at radius 3 is 2.38 bits per heavy atom. The fraction of sp³-hybridized carbons (Fsp3) is 0.0667. The van der Waals surface area contributed by atoms with Gasteiger partial charge in [-0.2, -0.15) is 0 Å². The molecule has 0 spiro atoms. The molecule has 2 aromatic carbocycles. The van der Waals surface area contributed by atoms with Crippen molar-refractivity contribution in [2.45, 2.75) is 4.90 Å². The first-order valence-corrected chi connectivity index (χ1v) is 7.76. The second-order valence-electron chi connectivity index (χ2n) is 4.48. The summed E-state index contributed by atoms with van der Waals surface area (Å²) in [6, 6.07) is 13.8. The largest absolute Gasteiger partial charge is 0.270 e. The minimum absolute atomic E-state index is 0.0919. The third-order valence-electron chi connectivity index (χ3n) is 2.93. The maximum absolute atomic E-state index is 12.2. The highest BCUT2D eigenvalue weighted by Gasteiger charge is 2.17. The van der Waals surface area contributed by atoms with E-state index in [1.807, 2.05) is 0 Å². The van der Waals surface area contributed by atoms with Gasteiger partial charge in [0.1, 0.15) is 0 Å². The van der Waals surface area contributed by atoms with Crippen molar-refractivity contribution >= 4 is 21.1 Å². The molecule has 0 aliphatic heterocycles. The minimum Gasteiger partial charge on any atom is -0.258 e. The summed E-state index contributed by atoms with van der Waals surface area (Å²) in [6.07, 6.45) is 0. The first kappa shape index (κ1) is 14.9. The van der Waals surface area contributed by atoms with Crippen LogP contribution in [0, 0.1) is 10.1 Å². The third-order valence-corrected chi connectivity index (χ3v) is 4.65. The smallest absolute Gasteiger partial charge is 0.258 e. The molecule has 0 aliphatic rings. The van der Waals surface area contributed by atoms with E-state index < -0.39 is 14.8 Å². The van der Waals surface area contributed by atoms with Gasteiger partial charge < -0.3 is 0 Å². The summed E-state index contributed by atoms with van der Waals surface area (Å²) in [5.41, 5.74) is 0.678. The predicted octanol–water partition coefficient (Wildman–Crippen LogP) is 3.08. The summed E-state index contributed by atoms with van der Waals surface area (Å²) >= 11 is 0. The van der Waals surface area contributed by atoms with E-state index in [2.05, 4.69) is 6.58 Å². The van der Waals surface area contributed by atoms with Crippen LogP contribution in [0.5, 0.6) is 0 Å². The SMILES string of the molecule is C=C(CS(=O)(=O)c1ccccc1)c1cccc([N+](=O)[O-])c1. The van der Waals surface area contributed by atoms with Crippen LogP contribution in [-0.4, -0.2) is 19.1 Å². The standard InChI is InChI=1S/C15H13NO4S/c1-12(13-6-5-7-14(10-13)16(17)18)11-21(19,20)15-8-3-2-4-9-15/h2-10H,1,11H2. The van der Waals surface area contributed by atoms with Crippen LogP contribution < -0.4 is 0 Å². The molecule has 108 valence electrons. The fourth-order valence-corrected chi connectivity index (χ4v) is 3.23. The minimum atomic E-state index is -3.51. The maximum atomic E-state index is 12.2. The molecule has 0 fully saturated rings. The molecule has 0 aromatic heterocycles. The lowest BCUT2D eigenvalue weighted by Crippen LogP contribution is -2.08. The van der Waals surface area contributed by atoms with Crippen LogP contribution >= 0.6 is 0 Å². The molecule has 0 saturated carbocycles. The molecular weight excluding hydrogens is 290 g/mol. The lowest BCUT2D eigenvalue weighted by molar-refractivity contribution is -0.384. The van der Waals surface area contributed by atoms with Crippen molar-refractivity contribution in [1.82, 2.24) is 0 Å². The van der Waals surface area contributed by atoms with Gasteiger partial charge in [-0.05, 0) is 23.3 Å². The van der Waals surface area contributed by atoms with Crippen LogP contribution in [0.4, 0.5) is 5.69 Å². The molecule has 5 nitrogen and oxygen atoms in total.